The number of rotatable bonds is 5. The smallest absolute Gasteiger partial charge is 0.431 e. The molecular formula is C33H39FN4O7. The average molecular weight is 623 g/mol. The van der Waals surface area contributed by atoms with Crippen molar-refractivity contribution in [1.29, 1.82) is 0 Å². The second-order valence-electron chi connectivity index (χ2n) is 12.2. The molecule has 240 valence electrons. The fourth-order valence-electron chi connectivity index (χ4n) is 6.42. The Morgan fingerprint density at radius 2 is 1.89 bits per heavy atom. The minimum Gasteiger partial charge on any atom is -0.460 e. The number of halogens is 1. The lowest BCUT2D eigenvalue weighted by Crippen LogP contribution is -2.38. The van der Waals surface area contributed by atoms with Crippen molar-refractivity contribution >= 4 is 28.9 Å². The van der Waals surface area contributed by atoms with Gasteiger partial charge in [0, 0.05) is 17.0 Å². The normalized spacial score (nSPS) is 17.7. The summed E-state index contributed by atoms with van der Waals surface area (Å²) in [5, 5.41) is 3.76. The molecule has 6 rings (SSSR count). The molecule has 0 fully saturated rings. The van der Waals surface area contributed by atoms with Gasteiger partial charge in [-0.1, -0.05) is 20.8 Å². The van der Waals surface area contributed by atoms with Crippen LogP contribution >= 0.6 is 0 Å². The van der Waals surface area contributed by atoms with E-state index < -0.39 is 36.2 Å². The van der Waals surface area contributed by atoms with Crippen LogP contribution in [0.5, 0.6) is 0 Å². The van der Waals surface area contributed by atoms with Gasteiger partial charge in [-0.3, -0.25) is 19.2 Å². The molecule has 2 aliphatic heterocycles. The molecule has 1 aliphatic carbocycles. The topological polar surface area (TPSA) is 138 Å². The molecule has 3 aliphatic rings. The van der Waals surface area contributed by atoms with Crippen molar-refractivity contribution in [3.8, 4) is 11.4 Å². The highest BCUT2D eigenvalue weighted by Gasteiger charge is 2.37. The third-order valence-electron chi connectivity index (χ3n) is 8.29. The molecule has 2 amide bonds. The van der Waals surface area contributed by atoms with Crippen molar-refractivity contribution in [2.45, 2.75) is 98.4 Å². The lowest BCUT2D eigenvalue weighted by Gasteiger charge is -2.29. The van der Waals surface area contributed by atoms with Crippen LogP contribution in [0.15, 0.2) is 16.9 Å². The molecule has 4 heterocycles. The number of aryl methyl sites for hydroxylation is 1. The molecule has 2 aromatic heterocycles. The van der Waals surface area contributed by atoms with E-state index in [0.717, 1.165) is 22.1 Å². The van der Waals surface area contributed by atoms with Crippen LogP contribution in [0.3, 0.4) is 0 Å². The van der Waals surface area contributed by atoms with E-state index in [-0.39, 0.29) is 30.5 Å². The number of aromatic nitrogens is 2. The van der Waals surface area contributed by atoms with Gasteiger partial charge in [-0.25, -0.2) is 14.2 Å². The Morgan fingerprint density at radius 1 is 1.16 bits per heavy atom. The summed E-state index contributed by atoms with van der Waals surface area (Å²) in [5.41, 5.74) is 6.59. The van der Waals surface area contributed by atoms with E-state index >= 15 is 4.39 Å². The van der Waals surface area contributed by atoms with Crippen LogP contribution in [-0.4, -0.2) is 39.7 Å². The number of hydrogen-bond acceptors (Lipinski definition) is 8. The zero-order valence-electron chi connectivity index (χ0n) is 26.7. The second-order valence-corrected chi connectivity index (χ2v) is 12.2. The summed E-state index contributed by atoms with van der Waals surface area (Å²) in [4.78, 5) is 61.0. The Kier molecular flexibility index (Phi) is 8.72. The third kappa shape index (κ3) is 5.79. The first kappa shape index (κ1) is 32.1. The highest BCUT2D eigenvalue weighted by molar-refractivity contribution is 5.94. The SMILES string of the molecule is CC.CCC1C(=O)OCc2c1cc1n(c2=O)Cc2c-1nc1cc(F)c(C)c3c1c2C(NC(=O)CONC(=O)OC(C)(C)C)CC3. The highest BCUT2D eigenvalue weighted by Crippen LogP contribution is 2.45. The van der Waals surface area contributed by atoms with Crippen molar-refractivity contribution in [3.05, 3.63) is 61.7 Å². The summed E-state index contributed by atoms with van der Waals surface area (Å²) in [6, 6.07) is 2.74. The average Bonchev–Trinajstić information content (AvgIpc) is 3.35. The molecule has 0 spiro atoms. The van der Waals surface area contributed by atoms with Crippen LogP contribution in [0.1, 0.15) is 99.7 Å². The van der Waals surface area contributed by atoms with Crippen molar-refractivity contribution in [2.75, 3.05) is 6.61 Å². The lowest BCUT2D eigenvalue weighted by molar-refractivity contribution is -0.148. The second kappa shape index (κ2) is 12.2. The number of benzene rings is 1. The first-order chi connectivity index (χ1) is 21.4. The fraction of sp³-hybridized carbons (Fsp3) is 0.485. The standard InChI is InChI=1S/C31H33FN4O7.C2H6/c1-6-15-17-9-23-27-18(11-36(23)28(38)19(17)12-41-29(15)39)26-21(33-24(37)13-42-35-30(40)43-31(3,4)5)8-7-16-14(2)20(32)10-22(34-27)25(16)26;1-2/h9-10,15,21H,6-8,11-13H2,1-5H3,(H,33,37)(H,35,40);1-2H3. The summed E-state index contributed by atoms with van der Waals surface area (Å²) in [7, 11) is 0. The number of pyridine rings is 2. The Labute approximate surface area is 260 Å². The summed E-state index contributed by atoms with van der Waals surface area (Å²) in [6.07, 6.45) is 0.649. The van der Waals surface area contributed by atoms with Gasteiger partial charge in [-0.2, -0.15) is 5.48 Å². The van der Waals surface area contributed by atoms with Gasteiger partial charge in [0.15, 0.2) is 6.61 Å². The molecule has 1 aromatic carbocycles. The molecule has 45 heavy (non-hydrogen) atoms. The number of carbonyl (C=O) groups excluding carboxylic acids is 3. The summed E-state index contributed by atoms with van der Waals surface area (Å²) in [6.45, 7) is 12.4. The van der Waals surface area contributed by atoms with Crippen molar-refractivity contribution in [2.24, 2.45) is 0 Å². The summed E-state index contributed by atoms with van der Waals surface area (Å²) >= 11 is 0. The van der Waals surface area contributed by atoms with Gasteiger partial charge in [0.25, 0.3) is 5.56 Å². The molecule has 2 atom stereocenters. The molecule has 2 unspecified atom stereocenters. The molecule has 0 saturated heterocycles. The monoisotopic (exact) mass is 622 g/mol. The van der Waals surface area contributed by atoms with Crippen LogP contribution in [0.2, 0.25) is 0 Å². The number of carbonyl (C=O) groups is 3. The minimum absolute atomic E-state index is 0.0903. The molecule has 2 N–H and O–H groups in total. The van der Waals surface area contributed by atoms with Crippen molar-refractivity contribution in [3.63, 3.8) is 0 Å². The maximum absolute atomic E-state index is 15.1. The summed E-state index contributed by atoms with van der Waals surface area (Å²) < 4.78 is 27.1. The zero-order chi connectivity index (χ0) is 32.8. The van der Waals surface area contributed by atoms with Crippen LogP contribution < -0.4 is 16.4 Å². The first-order valence-corrected chi connectivity index (χ1v) is 15.4. The van der Waals surface area contributed by atoms with Crippen LogP contribution in [0, 0.1) is 12.7 Å². The zero-order valence-corrected chi connectivity index (χ0v) is 26.7. The van der Waals surface area contributed by atoms with Crippen molar-refractivity contribution in [1.82, 2.24) is 20.3 Å². The highest BCUT2D eigenvalue weighted by atomic mass is 19.1. The van der Waals surface area contributed by atoms with Gasteiger partial charge < -0.3 is 19.4 Å². The number of hydrogen-bond donors (Lipinski definition) is 2. The summed E-state index contributed by atoms with van der Waals surface area (Å²) in [5.74, 6) is -1.78. The van der Waals surface area contributed by atoms with E-state index in [1.165, 1.54) is 6.07 Å². The van der Waals surface area contributed by atoms with Crippen molar-refractivity contribution < 1.29 is 33.1 Å². The van der Waals surface area contributed by atoms with E-state index in [4.69, 9.17) is 19.3 Å². The van der Waals surface area contributed by atoms with Gasteiger partial charge in [0.1, 0.15) is 18.0 Å². The number of fused-ring (bicyclic) bond motifs is 5. The number of hydroxylamine groups is 1. The van der Waals surface area contributed by atoms with Gasteiger partial charge >= 0.3 is 12.1 Å². The van der Waals surface area contributed by atoms with E-state index in [0.29, 0.717) is 52.9 Å². The minimum atomic E-state index is -0.818. The molecule has 0 saturated carbocycles. The molecule has 12 heteroatoms. The van der Waals surface area contributed by atoms with Gasteiger partial charge in [-0.15, -0.1) is 0 Å². The molecule has 0 bridgehead atoms. The number of nitrogens with one attached hydrogen (secondary N) is 2. The number of nitrogens with zero attached hydrogens (tertiary/aromatic N) is 2. The lowest BCUT2D eigenvalue weighted by atomic mass is 9.81. The van der Waals surface area contributed by atoms with E-state index in [1.54, 1.807) is 32.3 Å². The first-order valence-electron chi connectivity index (χ1n) is 15.4. The number of amides is 2. The maximum atomic E-state index is 15.1. The van der Waals surface area contributed by atoms with E-state index in [2.05, 4.69) is 10.8 Å². The largest absolute Gasteiger partial charge is 0.460 e. The van der Waals surface area contributed by atoms with E-state index in [9.17, 15) is 19.2 Å². The third-order valence-corrected chi connectivity index (χ3v) is 8.29. The predicted molar refractivity (Wildman–Crippen MR) is 164 cm³/mol. The van der Waals surface area contributed by atoms with Gasteiger partial charge in [0.2, 0.25) is 5.91 Å². The number of esters is 1. The van der Waals surface area contributed by atoms with Gasteiger partial charge in [-0.05, 0) is 75.3 Å². The Balaban J connectivity index is 0.00000196. The van der Waals surface area contributed by atoms with Gasteiger partial charge in [0.05, 0.1) is 41.0 Å². The predicted octanol–water partition coefficient (Wildman–Crippen LogP) is 5.01. The number of cyclic esters (lactones) is 1. The van der Waals surface area contributed by atoms with Crippen LogP contribution in [0.4, 0.5) is 9.18 Å². The number of ether oxygens (including phenoxy) is 2. The Bertz CT molecular complexity index is 1780. The molecule has 11 nitrogen and oxygen atoms in total. The van der Waals surface area contributed by atoms with E-state index in [1.807, 2.05) is 26.8 Å². The Morgan fingerprint density at radius 3 is 2.58 bits per heavy atom. The Hall–Kier alpha value is -4.32. The fourth-order valence-corrected chi connectivity index (χ4v) is 6.42. The molecule has 0 radical (unpaired) electrons. The van der Waals surface area contributed by atoms with Crippen LogP contribution in [0.25, 0.3) is 22.3 Å². The molecular weight excluding hydrogens is 583 g/mol. The quantitative estimate of drug-likeness (QED) is 0.234. The molecule has 3 aromatic rings. The van der Waals surface area contributed by atoms with Crippen LogP contribution in [-0.2, 0) is 43.5 Å². The maximum Gasteiger partial charge on any atom is 0.431 e.